The number of carbonyl (C=O) groups is 2. The molecule has 0 saturated heterocycles. The molecule has 0 saturated carbocycles. The van der Waals surface area contributed by atoms with Crippen LogP contribution < -0.4 is 10.7 Å². The first kappa shape index (κ1) is 19.4. The monoisotopic (exact) mass is 396 g/mol. The fourth-order valence-electron chi connectivity index (χ4n) is 2.28. The van der Waals surface area contributed by atoms with Gasteiger partial charge in [-0.25, -0.2) is 9.82 Å². The lowest BCUT2D eigenvalue weighted by Crippen LogP contribution is -2.32. The highest BCUT2D eigenvalue weighted by molar-refractivity contribution is 6.39. The van der Waals surface area contributed by atoms with Gasteiger partial charge >= 0.3 is 11.8 Å². The summed E-state index contributed by atoms with van der Waals surface area (Å²) in [5, 5.41) is 16.8. The van der Waals surface area contributed by atoms with E-state index in [4.69, 9.17) is 4.42 Å². The molecule has 0 aliphatic heterocycles. The van der Waals surface area contributed by atoms with Crippen LogP contribution in [0.5, 0.6) is 0 Å². The van der Waals surface area contributed by atoms with E-state index < -0.39 is 22.6 Å². The number of carbonyl (C=O) groups excluding carboxylic acids is 2. The van der Waals surface area contributed by atoms with Crippen molar-refractivity contribution in [2.75, 3.05) is 5.32 Å². The van der Waals surface area contributed by atoms with Gasteiger partial charge in [0.2, 0.25) is 0 Å². The fraction of sp³-hybridized carbons (Fsp3) is 0. The molecular formula is C19H13FN4O5. The molecule has 0 atom stereocenters. The maximum absolute atomic E-state index is 12.8. The summed E-state index contributed by atoms with van der Waals surface area (Å²) in [5.74, 6) is -1.86. The fourth-order valence-corrected chi connectivity index (χ4v) is 2.28. The van der Waals surface area contributed by atoms with E-state index in [0.29, 0.717) is 11.3 Å². The third-order valence-electron chi connectivity index (χ3n) is 3.63. The lowest BCUT2D eigenvalue weighted by Gasteiger charge is -2.03. The van der Waals surface area contributed by atoms with Gasteiger partial charge in [-0.1, -0.05) is 12.1 Å². The van der Waals surface area contributed by atoms with E-state index in [2.05, 4.69) is 10.4 Å². The second-order valence-corrected chi connectivity index (χ2v) is 5.67. The van der Waals surface area contributed by atoms with Crippen LogP contribution in [-0.4, -0.2) is 23.0 Å². The number of amides is 2. The molecule has 1 heterocycles. The number of rotatable bonds is 5. The van der Waals surface area contributed by atoms with Gasteiger partial charge in [0.05, 0.1) is 11.1 Å². The first-order valence-electron chi connectivity index (χ1n) is 8.17. The SMILES string of the molecule is O=C(N/N=C/c1ccc(-c2cccc([N+](=O)[O-])c2)o1)C(=O)Nc1ccc(F)cc1. The summed E-state index contributed by atoms with van der Waals surface area (Å²) in [7, 11) is 0. The molecule has 0 aliphatic rings. The predicted octanol–water partition coefficient (Wildman–Crippen LogP) is 3.08. The summed E-state index contributed by atoms with van der Waals surface area (Å²) in [6.45, 7) is 0. The van der Waals surface area contributed by atoms with Crippen molar-refractivity contribution in [2.45, 2.75) is 0 Å². The van der Waals surface area contributed by atoms with Crippen LogP contribution in [0.4, 0.5) is 15.8 Å². The molecular weight excluding hydrogens is 383 g/mol. The molecule has 10 heteroatoms. The van der Waals surface area contributed by atoms with Crippen LogP contribution in [0.15, 0.2) is 70.2 Å². The number of nitrogens with zero attached hydrogens (tertiary/aromatic N) is 2. The number of anilines is 1. The van der Waals surface area contributed by atoms with Crippen molar-refractivity contribution in [1.29, 1.82) is 0 Å². The van der Waals surface area contributed by atoms with Gasteiger partial charge in [-0.05, 0) is 36.4 Å². The van der Waals surface area contributed by atoms with Crippen molar-refractivity contribution < 1.29 is 23.3 Å². The van der Waals surface area contributed by atoms with Crippen molar-refractivity contribution in [3.8, 4) is 11.3 Å². The minimum Gasteiger partial charge on any atom is -0.455 e. The quantitative estimate of drug-likeness (QED) is 0.297. The molecule has 0 aliphatic carbocycles. The zero-order valence-electron chi connectivity index (χ0n) is 14.7. The minimum absolute atomic E-state index is 0.0754. The highest BCUT2D eigenvalue weighted by Gasteiger charge is 2.13. The minimum atomic E-state index is -1.03. The zero-order valence-corrected chi connectivity index (χ0v) is 14.7. The summed E-state index contributed by atoms with van der Waals surface area (Å²) in [4.78, 5) is 33.8. The molecule has 0 fully saturated rings. The van der Waals surface area contributed by atoms with Crippen molar-refractivity contribution in [3.63, 3.8) is 0 Å². The highest BCUT2D eigenvalue weighted by Crippen LogP contribution is 2.25. The molecule has 2 N–H and O–H groups in total. The Kier molecular flexibility index (Phi) is 5.74. The van der Waals surface area contributed by atoms with Crippen LogP contribution in [0, 0.1) is 15.9 Å². The molecule has 146 valence electrons. The van der Waals surface area contributed by atoms with E-state index in [1.165, 1.54) is 36.5 Å². The normalized spacial score (nSPS) is 10.7. The van der Waals surface area contributed by atoms with E-state index in [-0.39, 0.29) is 17.1 Å². The summed E-state index contributed by atoms with van der Waals surface area (Å²) in [5.41, 5.74) is 2.71. The lowest BCUT2D eigenvalue weighted by molar-refractivity contribution is -0.384. The van der Waals surface area contributed by atoms with E-state index in [1.54, 1.807) is 18.2 Å². The maximum Gasteiger partial charge on any atom is 0.329 e. The summed E-state index contributed by atoms with van der Waals surface area (Å²) < 4.78 is 18.3. The number of non-ortho nitro benzene ring substituents is 1. The molecule has 0 spiro atoms. The first-order valence-corrected chi connectivity index (χ1v) is 8.17. The third kappa shape index (κ3) is 5.10. The largest absolute Gasteiger partial charge is 0.455 e. The van der Waals surface area contributed by atoms with Gasteiger partial charge in [-0.3, -0.25) is 19.7 Å². The first-order chi connectivity index (χ1) is 13.9. The molecule has 0 bridgehead atoms. The summed E-state index contributed by atoms with van der Waals surface area (Å²) >= 11 is 0. The van der Waals surface area contributed by atoms with Gasteiger partial charge in [0, 0.05) is 23.4 Å². The molecule has 0 unspecified atom stereocenters. The Morgan fingerprint density at radius 1 is 1.07 bits per heavy atom. The van der Waals surface area contributed by atoms with Gasteiger partial charge < -0.3 is 9.73 Å². The Labute approximate surface area is 163 Å². The molecule has 1 aromatic heterocycles. The zero-order chi connectivity index (χ0) is 20.8. The maximum atomic E-state index is 12.8. The standard InChI is InChI=1S/C19H13FN4O5/c20-13-4-6-14(7-5-13)22-18(25)19(26)23-21-11-16-8-9-17(29-16)12-2-1-3-15(10-12)24(27)28/h1-11H,(H,22,25)(H,23,26)/b21-11+. The third-order valence-corrected chi connectivity index (χ3v) is 3.63. The van der Waals surface area contributed by atoms with Crippen molar-refractivity contribution in [2.24, 2.45) is 5.10 Å². The molecule has 3 rings (SSSR count). The van der Waals surface area contributed by atoms with Crippen LogP contribution in [0.1, 0.15) is 5.76 Å². The second kappa shape index (κ2) is 8.57. The van der Waals surface area contributed by atoms with Crippen molar-refractivity contribution in [3.05, 3.63) is 82.4 Å². The van der Waals surface area contributed by atoms with Crippen molar-refractivity contribution in [1.82, 2.24) is 5.43 Å². The Morgan fingerprint density at radius 3 is 2.55 bits per heavy atom. The van der Waals surface area contributed by atoms with Gasteiger partial charge in [0.1, 0.15) is 17.3 Å². The van der Waals surface area contributed by atoms with E-state index in [1.807, 2.05) is 5.43 Å². The molecule has 0 radical (unpaired) electrons. The number of nitro groups is 1. The Bertz CT molecular complexity index is 1090. The van der Waals surface area contributed by atoms with Crippen LogP contribution in [0.2, 0.25) is 0 Å². The lowest BCUT2D eigenvalue weighted by atomic mass is 10.1. The predicted molar refractivity (Wildman–Crippen MR) is 102 cm³/mol. The Hall–Kier alpha value is -4.34. The number of nitro benzene ring substituents is 1. The average molecular weight is 396 g/mol. The van der Waals surface area contributed by atoms with E-state index in [0.717, 1.165) is 12.1 Å². The van der Waals surface area contributed by atoms with Gasteiger partial charge in [0.15, 0.2) is 0 Å². The van der Waals surface area contributed by atoms with Gasteiger partial charge in [0.25, 0.3) is 5.69 Å². The number of hydrogen-bond acceptors (Lipinski definition) is 6. The average Bonchev–Trinajstić information content (AvgIpc) is 3.18. The molecule has 29 heavy (non-hydrogen) atoms. The molecule has 2 amide bonds. The highest BCUT2D eigenvalue weighted by atomic mass is 19.1. The van der Waals surface area contributed by atoms with Crippen molar-refractivity contribution >= 4 is 29.4 Å². The van der Waals surface area contributed by atoms with E-state index >= 15 is 0 Å². The summed E-state index contributed by atoms with van der Waals surface area (Å²) in [6, 6.07) is 13.9. The van der Waals surface area contributed by atoms with Crippen LogP contribution in [-0.2, 0) is 9.59 Å². The Morgan fingerprint density at radius 2 is 1.83 bits per heavy atom. The molecule has 9 nitrogen and oxygen atoms in total. The topological polar surface area (TPSA) is 127 Å². The molecule has 2 aromatic carbocycles. The second-order valence-electron chi connectivity index (χ2n) is 5.67. The number of benzene rings is 2. The number of nitrogens with one attached hydrogen (secondary N) is 2. The van der Waals surface area contributed by atoms with Crippen LogP contribution in [0.25, 0.3) is 11.3 Å². The summed E-state index contributed by atoms with van der Waals surface area (Å²) in [6.07, 6.45) is 1.17. The van der Waals surface area contributed by atoms with Gasteiger partial charge in [-0.2, -0.15) is 5.10 Å². The number of furan rings is 1. The van der Waals surface area contributed by atoms with Crippen LogP contribution >= 0.6 is 0 Å². The number of halogens is 1. The Balaban J connectivity index is 1.58. The number of hydrogen-bond donors (Lipinski definition) is 2. The van der Waals surface area contributed by atoms with Crippen LogP contribution in [0.3, 0.4) is 0 Å². The molecule has 3 aromatic rings. The smallest absolute Gasteiger partial charge is 0.329 e. The van der Waals surface area contributed by atoms with E-state index in [9.17, 15) is 24.1 Å². The number of hydrazone groups is 1. The van der Waals surface area contributed by atoms with Gasteiger partial charge in [-0.15, -0.1) is 0 Å².